The van der Waals surface area contributed by atoms with E-state index < -0.39 is 0 Å². The summed E-state index contributed by atoms with van der Waals surface area (Å²) < 4.78 is 5.34. The van der Waals surface area contributed by atoms with Gasteiger partial charge in [0.25, 0.3) is 5.91 Å². The Morgan fingerprint density at radius 3 is 2.70 bits per heavy atom. The van der Waals surface area contributed by atoms with Crippen molar-refractivity contribution in [1.82, 2.24) is 20.4 Å². The van der Waals surface area contributed by atoms with Gasteiger partial charge in [-0.3, -0.25) is 9.59 Å². The summed E-state index contributed by atoms with van der Waals surface area (Å²) in [6.07, 6.45) is 3.81. The molecule has 0 saturated carbocycles. The highest BCUT2D eigenvalue weighted by molar-refractivity contribution is 5.96. The minimum absolute atomic E-state index is 0.0425. The molecule has 1 aliphatic rings. The van der Waals surface area contributed by atoms with E-state index in [0.717, 1.165) is 25.7 Å². The lowest BCUT2D eigenvalue weighted by Gasteiger charge is -2.28. The van der Waals surface area contributed by atoms with E-state index in [4.69, 9.17) is 4.52 Å². The van der Waals surface area contributed by atoms with Crippen LogP contribution < -0.4 is 5.32 Å². The fraction of sp³-hybridized carbons (Fsp3) is 0.500. The lowest BCUT2D eigenvalue weighted by Crippen LogP contribution is -2.42. The van der Waals surface area contributed by atoms with Crippen LogP contribution in [0.25, 0.3) is 0 Å². The first kappa shape index (κ1) is 19.1. The van der Waals surface area contributed by atoms with Crippen LogP contribution in [0.1, 0.15) is 73.6 Å². The van der Waals surface area contributed by atoms with Gasteiger partial charge in [-0.1, -0.05) is 50.0 Å². The molecule has 144 valence electrons. The van der Waals surface area contributed by atoms with Crippen molar-refractivity contribution < 1.29 is 14.1 Å². The molecule has 2 heterocycles. The zero-order chi connectivity index (χ0) is 19.2. The first-order valence-electron chi connectivity index (χ1n) is 9.52. The maximum atomic E-state index is 12.8. The Bertz CT molecular complexity index is 773. The van der Waals surface area contributed by atoms with Crippen molar-refractivity contribution in [3.8, 4) is 0 Å². The molecule has 0 aliphatic carbocycles. The second kappa shape index (κ2) is 8.79. The zero-order valence-electron chi connectivity index (χ0n) is 15.9. The number of carbonyl (C=O) groups is 2. The summed E-state index contributed by atoms with van der Waals surface area (Å²) >= 11 is 0. The van der Waals surface area contributed by atoms with E-state index in [-0.39, 0.29) is 30.3 Å². The Morgan fingerprint density at radius 2 is 2.00 bits per heavy atom. The van der Waals surface area contributed by atoms with E-state index in [1.807, 2.05) is 19.9 Å². The summed E-state index contributed by atoms with van der Waals surface area (Å²) in [7, 11) is 0. The second-order valence-corrected chi connectivity index (χ2v) is 7.15. The van der Waals surface area contributed by atoms with E-state index in [1.54, 1.807) is 29.2 Å². The van der Waals surface area contributed by atoms with Crippen LogP contribution in [0.3, 0.4) is 0 Å². The summed E-state index contributed by atoms with van der Waals surface area (Å²) in [6.45, 7) is 4.58. The summed E-state index contributed by atoms with van der Waals surface area (Å²) in [5, 5.41) is 6.83. The van der Waals surface area contributed by atoms with E-state index in [2.05, 4.69) is 15.5 Å². The number of likely N-dealkylation sites (tertiary alicyclic amines) is 1. The SMILES string of the molecule is CC(C)c1nc([C@@H]2CCCCCN2C(=O)CNC(=O)c2ccccc2)no1. The van der Waals surface area contributed by atoms with Crippen LogP contribution in [0.15, 0.2) is 34.9 Å². The zero-order valence-corrected chi connectivity index (χ0v) is 15.9. The van der Waals surface area contributed by atoms with Crippen molar-refractivity contribution in [3.05, 3.63) is 47.6 Å². The van der Waals surface area contributed by atoms with Gasteiger partial charge in [-0.05, 0) is 25.0 Å². The van der Waals surface area contributed by atoms with Crippen molar-refractivity contribution in [2.75, 3.05) is 13.1 Å². The number of hydrogen-bond acceptors (Lipinski definition) is 5. The summed E-state index contributed by atoms with van der Waals surface area (Å²) in [5.74, 6) is 0.910. The Hall–Kier alpha value is -2.70. The molecule has 1 saturated heterocycles. The predicted octanol–water partition coefficient (Wildman–Crippen LogP) is 3.07. The second-order valence-electron chi connectivity index (χ2n) is 7.15. The molecule has 27 heavy (non-hydrogen) atoms. The number of hydrogen-bond donors (Lipinski definition) is 1. The smallest absolute Gasteiger partial charge is 0.251 e. The molecule has 0 bridgehead atoms. The highest BCUT2D eigenvalue weighted by atomic mass is 16.5. The van der Waals surface area contributed by atoms with E-state index in [9.17, 15) is 9.59 Å². The van der Waals surface area contributed by atoms with E-state index in [1.165, 1.54) is 0 Å². The fourth-order valence-corrected chi connectivity index (χ4v) is 3.24. The molecular weight excluding hydrogens is 344 g/mol. The molecule has 0 radical (unpaired) electrons. The van der Waals surface area contributed by atoms with Crippen LogP contribution in [-0.4, -0.2) is 39.9 Å². The number of rotatable bonds is 5. The number of amides is 2. The first-order chi connectivity index (χ1) is 13.1. The van der Waals surface area contributed by atoms with Gasteiger partial charge in [0.2, 0.25) is 11.8 Å². The van der Waals surface area contributed by atoms with Gasteiger partial charge in [-0.2, -0.15) is 4.98 Å². The van der Waals surface area contributed by atoms with Gasteiger partial charge in [0.15, 0.2) is 5.82 Å². The number of benzene rings is 1. The number of carbonyl (C=O) groups excluding carboxylic acids is 2. The van der Waals surface area contributed by atoms with Gasteiger partial charge in [0.1, 0.15) is 0 Å². The first-order valence-corrected chi connectivity index (χ1v) is 9.52. The van der Waals surface area contributed by atoms with Crippen LogP contribution >= 0.6 is 0 Å². The molecular formula is C20H26N4O3. The van der Waals surface area contributed by atoms with Crippen molar-refractivity contribution >= 4 is 11.8 Å². The van der Waals surface area contributed by atoms with Crippen LogP contribution in [0.5, 0.6) is 0 Å². The molecule has 1 fully saturated rings. The number of nitrogens with zero attached hydrogens (tertiary/aromatic N) is 3. The van der Waals surface area contributed by atoms with Gasteiger partial charge < -0.3 is 14.7 Å². The maximum absolute atomic E-state index is 12.8. The Balaban J connectivity index is 1.68. The largest absolute Gasteiger partial charge is 0.343 e. The van der Waals surface area contributed by atoms with Crippen LogP contribution in [-0.2, 0) is 4.79 Å². The van der Waals surface area contributed by atoms with Crippen molar-refractivity contribution in [3.63, 3.8) is 0 Å². The molecule has 1 aliphatic heterocycles. The lowest BCUT2D eigenvalue weighted by molar-refractivity contribution is -0.132. The molecule has 1 atom stereocenters. The van der Waals surface area contributed by atoms with E-state index in [0.29, 0.717) is 23.8 Å². The molecule has 7 nitrogen and oxygen atoms in total. The third kappa shape index (κ3) is 4.72. The summed E-state index contributed by atoms with van der Waals surface area (Å²) in [5.41, 5.74) is 0.539. The lowest BCUT2D eigenvalue weighted by atomic mass is 10.1. The Morgan fingerprint density at radius 1 is 1.22 bits per heavy atom. The van der Waals surface area contributed by atoms with E-state index >= 15 is 0 Å². The summed E-state index contributed by atoms with van der Waals surface area (Å²) in [4.78, 5) is 31.3. The van der Waals surface area contributed by atoms with Gasteiger partial charge in [-0.25, -0.2) is 0 Å². The topological polar surface area (TPSA) is 88.3 Å². The van der Waals surface area contributed by atoms with Crippen molar-refractivity contribution in [2.24, 2.45) is 0 Å². The molecule has 2 amide bonds. The minimum Gasteiger partial charge on any atom is -0.343 e. The maximum Gasteiger partial charge on any atom is 0.251 e. The van der Waals surface area contributed by atoms with Crippen LogP contribution in [0.2, 0.25) is 0 Å². The molecule has 0 spiro atoms. The van der Waals surface area contributed by atoms with Gasteiger partial charge in [0.05, 0.1) is 12.6 Å². The molecule has 2 aromatic rings. The molecule has 7 heteroatoms. The molecule has 1 N–H and O–H groups in total. The van der Waals surface area contributed by atoms with Gasteiger partial charge >= 0.3 is 0 Å². The molecule has 1 aromatic heterocycles. The monoisotopic (exact) mass is 370 g/mol. The Kier molecular flexibility index (Phi) is 6.21. The highest BCUT2D eigenvalue weighted by Crippen LogP contribution is 2.29. The fourth-order valence-electron chi connectivity index (χ4n) is 3.24. The standard InChI is InChI=1S/C20H26N4O3/c1-14(2)20-22-18(23-27-20)16-11-7-4-8-12-24(16)17(25)13-21-19(26)15-9-5-3-6-10-15/h3,5-6,9-10,14,16H,4,7-8,11-13H2,1-2H3,(H,21,26)/t16-/m0/s1. The van der Waals surface area contributed by atoms with Crippen molar-refractivity contribution in [2.45, 2.75) is 51.5 Å². The average molecular weight is 370 g/mol. The minimum atomic E-state index is -0.253. The summed E-state index contributed by atoms with van der Waals surface area (Å²) in [6, 6.07) is 8.68. The third-order valence-corrected chi connectivity index (χ3v) is 4.76. The molecule has 0 unspecified atom stereocenters. The quantitative estimate of drug-likeness (QED) is 0.874. The van der Waals surface area contributed by atoms with Crippen molar-refractivity contribution in [1.29, 1.82) is 0 Å². The van der Waals surface area contributed by atoms with Gasteiger partial charge in [0, 0.05) is 18.0 Å². The number of nitrogens with one attached hydrogen (secondary N) is 1. The third-order valence-electron chi connectivity index (χ3n) is 4.76. The number of aromatic nitrogens is 2. The molecule has 1 aromatic carbocycles. The Labute approximate surface area is 159 Å². The van der Waals surface area contributed by atoms with Crippen LogP contribution in [0, 0.1) is 0 Å². The van der Waals surface area contributed by atoms with Gasteiger partial charge in [-0.15, -0.1) is 0 Å². The highest BCUT2D eigenvalue weighted by Gasteiger charge is 2.30. The average Bonchev–Trinajstić information content (AvgIpc) is 3.05. The van der Waals surface area contributed by atoms with Crippen LogP contribution in [0.4, 0.5) is 0 Å². The molecule has 3 rings (SSSR count). The normalized spacial score (nSPS) is 17.6. The predicted molar refractivity (Wildman–Crippen MR) is 100 cm³/mol.